The largest absolute Gasteiger partial charge is 0.368 e. The molecule has 5 heteroatoms. The van der Waals surface area contributed by atoms with Crippen molar-refractivity contribution in [3.63, 3.8) is 0 Å². The maximum absolute atomic E-state index is 11.5. The first-order valence-corrected chi connectivity index (χ1v) is 7.11. The normalized spacial score (nSPS) is 17.8. The predicted octanol–water partition coefficient (Wildman–Crippen LogP) is 1.77. The SMILES string of the molecule is NC(=O)[C@H](Cc1cccc(Br)n1)NC1CCCC1. The number of nitrogens with two attached hydrogens (primary N) is 1. The molecule has 18 heavy (non-hydrogen) atoms. The Kier molecular flexibility index (Phi) is 4.72. The van der Waals surface area contributed by atoms with Gasteiger partial charge < -0.3 is 11.1 Å². The van der Waals surface area contributed by atoms with E-state index in [1.165, 1.54) is 12.8 Å². The number of aromatic nitrogens is 1. The number of rotatable bonds is 5. The molecule has 1 heterocycles. The molecule has 1 aliphatic rings. The number of hydrogen-bond acceptors (Lipinski definition) is 3. The van der Waals surface area contributed by atoms with Crippen LogP contribution in [0.25, 0.3) is 0 Å². The number of nitrogens with one attached hydrogen (secondary N) is 1. The maximum Gasteiger partial charge on any atom is 0.234 e. The fraction of sp³-hybridized carbons (Fsp3) is 0.538. The molecule has 0 aliphatic heterocycles. The van der Waals surface area contributed by atoms with Crippen molar-refractivity contribution in [1.82, 2.24) is 10.3 Å². The van der Waals surface area contributed by atoms with E-state index in [0.29, 0.717) is 12.5 Å². The first kappa shape index (κ1) is 13.5. The van der Waals surface area contributed by atoms with E-state index in [-0.39, 0.29) is 11.9 Å². The van der Waals surface area contributed by atoms with Gasteiger partial charge >= 0.3 is 0 Å². The standard InChI is InChI=1S/C13H18BrN3O/c14-12-7-3-6-10(17-12)8-11(13(15)18)16-9-4-1-2-5-9/h3,6-7,9,11,16H,1-2,4-5,8H2,(H2,15,18)/t11-/m0/s1. The van der Waals surface area contributed by atoms with Gasteiger partial charge in [-0.1, -0.05) is 18.9 Å². The first-order chi connectivity index (χ1) is 8.65. The Morgan fingerprint density at radius 3 is 2.83 bits per heavy atom. The zero-order valence-corrected chi connectivity index (χ0v) is 11.8. The van der Waals surface area contributed by atoms with Crippen LogP contribution in [0.1, 0.15) is 31.4 Å². The molecule has 1 aliphatic carbocycles. The molecular formula is C13H18BrN3O. The van der Waals surface area contributed by atoms with Gasteiger partial charge in [0.2, 0.25) is 5.91 Å². The number of carbonyl (C=O) groups is 1. The molecule has 0 radical (unpaired) electrons. The van der Waals surface area contributed by atoms with Gasteiger partial charge in [-0.2, -0.15) is 0 Å². The summed E-state index contributed by atoms with van der Waals surface area (Å²) < 4.78 is 0.782. The molecule has 1 amide bonds. The Morgan fingerprint density at radius 2 is 2.22 bits per heavy atom. The summed E-state index contributed by atoms with van der Waals surface area (Å²) in [5, 5.41) is 3.35. The highest BCUT2D eigenvalue weighted by Crippen LogP contribution is 2.18. The second kappa shape index (κ2) is 6.29. The highest BCUT2D eigenvalue weighted by atomic mass is 79.9. The molecule has 0 aromatic carbocycles. The van der Waals surface area contributed by atoms with E-state index in [4.69, 9.17) is 5.73 Å². The van der Waals surface area contributed by atoms with Crippen LogP contribution in [0.4, 0.5) is 0 Å². The molecule has 1 fully saturated rings. The smallest absolute Gasteiger partial charge is 0.234 e. The van der Waals surface area contributed by atoms with Crippen molar-refractivity contribution in [3.05, 3.63) is 28.5 Å². The number of carbonyl (C=O) groups excluding carboxylic acids is 1. The second-order valence-electron chi connectivity index (χ2n) is 4.76. The minimum absolute atomic E-state index is 0.302. The van der Waals surface area contributed by atoms with E-state index in [9.17, 15) is 4.79 Å². The summed E-state index contributed by atoms with van der Waals surface area (Å²) in [5.74, 6) is -0.302. The molecular weight excluding hydrogens is 294 g/mol. The van der Waals surface area contributed by atoms with Gasteiger partial charge in [0.05, 0.1) is 6.04 Å². The quantitative estimate of drug-likeness (QED) is 0.814. The molecule has 1 aromatic heterocycles. The lowest BCUT2D eigenvalue weighted by atomic mass is 10.1. The van der Waals surface area contributed by atoms with Gasteiger partial charge in [0.15, 0.2) is 0 Å². The van der Waals surface area contributed by atoms with Crippen LogP contribution in [0.15, 0.2) is 22.8 Å². The minimum atomic E-state index is -0.324. The van der Waals surface area contributed by atoms with Crippen molar-refractivity contribution in [2.45, 2.75) is 44.2 Å². The van der Waals surface area contributed by atoms with Crippen molar-refractivity contribution in [1.29, 1.82) is 0 Å². The van der Waals surface area contributed by atoms with E-state index in [2.05, 4.69) is 26.2 Å². The van der Waals surface area contributed by atoms with E-state index in [1.807, 2.05) is 18.2 Å². The van der Waals surface area contributed by atoms with Crippen LogP contribution >= 0.6 is 15.9 Å². The third-order valence-corrected chi connectivity index (χ3v) is 3.76. The Balaban J connectivity index is 1.99. The molecule has 3 N–H and O–H groups in total. The third-order valence-electron chi connectivity index (χ3n) is 3.32. The fourth-order valence-electron chi connectivity index (χ4n) is 2.39. The molecule has 1 atom stereocenters. The van der Waals surface area contributed by atoms with Crippen LogP contribution in [0.3, 0.4) is 0 Å². The van der Waals surface area contributed by atoms with Crippen LogP contribution in [-0.4, -0.2) is 23.0 Å². The number of amides is 1. The van der Waals surface area contributed by atoms with Crippen LogP contribution in [0.2, 0.25) is 0 Å². The number of primary amides is 1. The van der Waals surface area contributed by atoms with Gasteiger partial charge in [-0.3, -0.25) is 4.79 Å². The second-order valence-corrected chi connectivity index (χ2v) is 5.57. The van der Waals surface area contributed by atoms with Crippen molar-refractivity contribution in [2.75, 3.05) is 0 Å². The maximum atomic E-state index is 11.5. The van der Waals surface area contributed by atoms with Gasteiger partial charge in [0.1, 0.15) is 4.60 Å². The number of nitrogens with zero attached hydrogens (tertiary/aromatic N) is 1. The molecule has 0 unspecified atom stereocenters. The average molecular weight is 312 g/mol. The summed E-state index contributed by atoms with van der Waals surface area (Å²) in [6, 6.07) is 5.80. The molecule has 0 spiro atoms. The third kappa shape index (κ3) is 3.78. The Hall–Kier alpha value is -0.940. The zero-order valence-electron chi connectivity index (χ0n) is 10.2. The average Bonchev–Trinajstić information content (AvgIpc) is 2.81. The van der Waals surface area contributed by atoms with Crippen LogP contribution < -0.4 is 11.1 Å². The van der Waals surface area contributed by atoms with Crippen LogP contribution in [0, 0.1) is 0 Å². The molecule has 4 nitrogen and oxygen atoms in total. The lowest BCUT2D eigenvalue weighted by molar-refractivity contribution is -0.120. The number of halogens is 1. The van der Waals surface area contributed by atoms with E-state index >= 15 is 0 Å². The van der Waals surface area contributed by atoms with E-state index in [1.54, 1.807) is 0 Å². The van der Waals surface area contributed by atoms with Crippen molar-refractivity contribution < 1.29 is 4.79 Å². The predicted molar refractivity (Wildman–Crippen MR) is 74.0 cm³/mol. The highest BCUT2D eigenvalue weighted by molar-refractivity contribution is 9.10. The Labute approximate surface area is 115 Å². The number of hydrogen-bond donors (Lipinski definition) is 2. The summed E-state index contributed by atoms with van der Waals surface area (Å²) >= 11 is 3.33. The van der Waals surface area contributed by atoms with E-state index in [0.717, 1.165) is 23.1 Å². The van der Waals surface area contributed by atoms with Crippen molar-refractivity contribution in [2.24, 2.45) is 5.73 Å². The lowest BCUT2D eigenvalue weighted by Gasteiger charge is -2.20. The van der Waals surface area contributed by atoms with Crippen LogP contribution in [-0.2, 0) is 11.2 Å². The monoisotopic (exact) mass is 311 g/mol. The summed E-state index contributed by atoms with van der Waals surface area (Å²) in [6.45, 7) is 0. The molecule has 98 valence electrons. The molecule has 1 aromatic rings. The first-order valence-electron chi connectivity index (χ1n) is 6.32. The Morgan fingerprint density at radius 1 is 1.50 bits per heavy atom. The zero-order chi connectivity index (χ0) is 13.0. The molecule has 0 bridgehead atoms. The van der Waals surface area contributed by atoms with Crippen molar-refractivity contribution >= 4 is 21.8 Å². The van der Waals surface area contributed by atoms with Crippen molar-refractivity contribution in [3.8, 4) is 0 Å². The molecule has 0 saturated heterocycles. The summed E-state index contributed by atoms with van der Waals surface area (Å²) in [4.78, 5) is 15.8. The number of pyridine rings is 1. The van der Waals surface area contributed by atoms with Gasteiger partial charge in [-0.15, -0.1) is 0 Å². The lowest BCUT2D eigenvalue weighted by Crippen LogP contribution is -2.47. The van der Waals surface area contributed by atoms with E-state index < -0.39 is 0 Å². The van der Waals surface area contributed by atoms with Gasteiger partial charge in [-0.05, 0) is 40.9 Å². The summed E-state index contributed by atoms with van der Waals surface area (Å²) in [6.07, 6.45) is 5.28. The fourth-order valence-corrected chi connectivity index (χ4v) is 2.77. The van der Waals surface area contributed by atoms with Crippen LogP contribution in [0.5, 0.6) is 0 Å². The minimum Gasteiger partial charge on any atom is -0.368 e. The van der Waals surface area contributed by atoms with Gasteiger partial charge in [0, 0.05) is 18.2 Å². The summed E-state index contributed by atoms with van der Waals surface area (Å²) in [5.41, 5.74) is 6.33. The molecule has 1 saturated carbocycles. The van der Waals surface area contributed by atoms with Gasteiger partial charge in [0.25, 0.3) is 0 Å². The topological polar surface area (TPSA) is 68.0 Å². The summed E-state index contributed by atoms with van der Waals surface area (Å²) in [7, 11) is 0. The molecule has 2 rings (SSSR count). The highest BCUT2D eigenvalue weighted by Gasteiger charge is 2.23. The Bertz CT molecular complexity index is 418. The van der Waals surface area contributed by atoms with Gasteiger partial charge in [-0.25, -0.2) is 4.98 Å².